The van der Waals surface area contributed by atoms with Crippen molar-refractivity contribution in [3.63, 3.8) is 0 Å². The molecule has 0 atom stereocenters. The van der Waals surface area contributed by atoms with Crippen molar-refractivity contribution < 1.29 is 13.9 Å². The number of hydrogen-bond donors (Lipinski definition) is 1. The van der Waals surface area contributed by atoms with Crippen LogP contribution < -0.4 is 10.2 Å². The van der Waals surface area contributed by atoms with Crippen LogP contribution in [0.5, 0.6) is 5.75 Å². The van der Waals surface area contributed by atoms with Gasteiger partial charge in [-0.15, -0.1) is 0 Å². The van der Waals surface area contributed by atoms with Crippen LogP contribution in [0.1, 0.15) is 16.7 Å². The second-order valence-corrected chi connectivity index (χ2v) is 4.83. The number of ether oxygens (including phenoxy) is 1. The molecule has 0 aliphatic heterocycles. The fraction of sp³-hybridized carbons (Fsp3) is 0.176. The topological polar surface area (TPSA) is 50.7 Å². The van der Waals surface area contributed by atoms with Crippen LogP contribution in [-0.4, -0.2) is 18.7 Å². The van der Waals surface area contributed by atoms with Gasteiger partial charge in [-0.05, 0) is 48.7 Å². The average Bonchev–Trinajstić information content (AvgIpc) is 2.51. The van der Waals surface area contributed by atoms with Crippen molar-refractivity contribution in [2.75, 3.05) is 6.61 Å². The Morgan fingerprint density at radius 1 is 1.23 bits per heavy atom. The number of benzene rings is 2. The quantitative estimate of drug-likeness (QED) is 0.682. The van der Waals surface area contributed by atoms with Gasteiger partial charge in [0.2, 0.25) is 0 Å². The zero-order chi connectivity index (χ0) is 15.9. The lowest BCUT2D eigenvalue weighted by atomic mass is 10.1. The third-order valence-corrected chi connectivity index (χ3v) is 3.19. The van der Waals surface area contributed by atoms with Gasteiger partial charge in [0.1, 0.15) is 11.6 Å². The van der Waals surface area contributed by atoms with Gasteiger partial charge in [0.05, 0.1) is 6.21 Å². The number of nitrogens with one attached hydrogen (secondary N) is 1. The summed E-state index contributed by atoms with van der Waals surface area (Å²) in [6, 6.07) is 11.5. The summed E-state index contributed by atoms with van der Waals surface area (Å²) < 4.78 is 18.2. The summed E-state index contributed by atoms with van der Waals surface area (Å²) in [6.07, 6.45) is 1.44. The molecular weight excluding hydrogens is 283 g/mol. The van der Waals surface area contributed by atoms with E-state index in [4.69, 9.17) is 4.74 Å². The van der Waals surface area contributed by atoms with Crippen molar-refractivity contribution in [2.24, 2.45) is 5.10 Å². The molecule has 0 aliphatic carbocycles. The van der Waals surface area contributed by atoms with Crippen LogP contribution in [-0.2, 0) is 4.79 Å². The highest BCUT2D eigenvalue weighted by Crippen LogP contribution is 2.20. The van der Waals surface area contributed by atoms with E-state index in [1.54, 1.807) is 12.1 Å². The van der Waals surface area contributed by atoms with Gasteiger partial charge in [0.15, 0.2) is 6.61 Å². The van der Waals surface area contributed by atoms with Crippen molar-refractivity contribution in [3.05, 3.63) is 65.0 Å². The molecule has 4 nitrogen and oxygen atoms in total. The van der Waals surface area contributed by atoms with E-state index in [2.05, 4.69) is 10.5 Å². The number of carbonyl (C=O) groups excluding carboxylic acids is 1. The lowest BCUT2D eigenvalue weighted by Crippen LogP contribution is -2.24. The number of halogens is 1. The van der Waals surface area contributed by atoms with Crippen LogP contribution in [0.4, 0.5) is 4.39 Å². The van der Waals surface area contributed by atoms with Gasteiger partial charge < -0.3 is 4.74 Å². The van der Waals surface area contributed by atoms with Crippen molar-refractivity contribution in [1.29, 1.82) is 0 Å². The molecule has 2 rings (SSSR count). The summed E-state index contributed by atoms with van der Waals surface area (Å²) in [5.74, 6) is 0.0000388. The molecule has 0 aromatic heterocycles. The fourth-order valence-electron chi connectivity index (χ4n) is 1.78. The summed E-state index contributed by atoms with van der Waals surface area (Å²) in [5, 5.41) is 3.80. The van der Waals surface area contributed by atoms with Gasteiger partial charge in [0, 0.05) is 0 Å². The van der Waals surface area contributed by atoms with Crippen LogP contribution in [0.25, 0.3) is 0 Å². The van der Waals surface area contributed by atoms with Gasteiger partial charge in [-0.3, -0.25) is 4.79 Å². The molecule has 114 valence electrons. The van der Waals surface area contributed by atoms with Gasteiger partial charge in [-0.2, -0.15) is 5.10 Å². The SMILES string of the molecule is Cc1cccc(OCC(=O)N/N=C/c2ccc(F)cc2)c1C. The maximum atomic E-state index is 12.7. The van der Waals surface area contributed by atoms with E-state index in [0.29, 0.717) is 11.3 Å². The summed E-state index contributed by atoms with van der Waals surface area (Å²) in [7, 11) is 0. The maximum absolute atomic E-state index is 12.7. The predicted octanol–water partition coefficient (Wildman–Crippen LogP) is 2.97. The van der Waals surface area contributed by atoms with E-state index in [-0.39, 0.29) is 18.3 Å². The Morgan fingerprint density at radius 3 is 2.68 bits per heavy atom. The van der Waals surface area contributed by atoms with Crippen molar-refractivity contribution in [2.45, 2.75) is 13.8 Å². The molecule has 0 unspecified atom stereocenters. The zero-order valence-corrected chi connectivity index (χ0v) is 12.5. The van der Waals surface area contributed by atoms with Crippen molar-refractivity contribution in [1.82, 2.24) is 5.43 Å². The van der Waals surface area contributed by atoms with E-state index in [0.717, 1.165) is 11.1 Å². The Hall–Kier alpha value is -2.69. The molecule has 0 saturated carbocycles. The molecule has 1 N–H and O–H groups in total. The highest BCUT2D eigenvalue weighted by molar-refractivity contribution is 5.82. The monoisotopic (exact) mass is 300 g/mol. The Kier molecular flexibility index (Phi) is 5.25. The number of carbonyl (C=O) groups is 1. The summed E-state index contributed by atoms with van der Waals surface area (Å²) >= 11 is 0. The molecule has 1 amide bonds. The minimum absolute atomic E-state index is 0.120. The molecule has 0 radical (unpaired) electrons. The Balaban J connectivity index is 1.83. The Labute approximate surface area is 128 Å². The van der Waals surface area contributed by atoms with E-state index < -0.39 is 0 Å². The molecule has 0 saturated heterocycles. The molecule has 0 bridgehead atoms. The minimum atomic E-state index is -0.362. The smallest absolute Gasteiger partial charge is 0.277 e. The molecule has 5 heteroatoms. The molecule has 0 aliphatic rings. The second-order valence-electron chi connectivity index (χ2n) is 4.83. The number of aryl methyl sites for hydroxylation is 1. The standard InChI is InChI=1S/C17H17FN2O2/c1-12-4-3-5-16(13(12)2)22-11-17(21)20-19-10-14-6-8-15(18)9-7-14/h3-10H,11H2,1-2H3,(H,20,21)/b19-10+. The highest BCUT2D eigenvalue weighted by Gasteiger charge is 2.05. The third kappa shape index (κ3) is 4.41. The van der Waals surface area contributed by atoms with E-state index >= 15 is 0 Å². The first-order valence-electron chi connectivity index (χ1n) is 6.83. The van der Waals surface area contributed by atoms with Gasteiger partial charge in [-0.25, -0.2) is 9.82 Å². The van der Waals surface area contributed by atoms with Gasteiger partial charge >= 0.3 is 0 Å². The zero-order valence-electron chi connectivity index (χ0n) is 12.5. The van der Waals surface area contributed by atoms with Gasteiger partial charge in [-0.1, -0.05) is 24.3 Å². The Morgan fingerprint density at radius 2 is 1.95 bits per heavy atom. The van der Waals surface area contributed by atoms with Crippen molar-refractivity contribution >= 4 is 12.1 Å². The number of rotatable bonds is 5. The Bertz CT molecular complexity index is 682. The number of amides is 1. The van der Waals surface area contributed by atoms with Crippen LogP contribution in [0, 0.1) is 19.7 Å². The molecule has 0 spiro atoms. The predicted molar refractivity (Wildman–Crippen MR) is 83.5 cm³/mol. The van der Waals surface area contributed by atoms with Crippen molar-refractivity contribution in [3.8, 4) is 5.75 Å². The second kappa shape index (κ2) is 7.36. The molecule has 0 fully saturated rings. The third-order valence-electron chi connectivity index (χ3n) is 3.19. The average molecular weight is 300 g/mol. The largest absolute Gasteiger partial charge is 0.483 e. The summed E-state index contributed by atoms with van der Waals surface area (Å²) in [6.45, 7) is 3.80. The first kappa shape index (κ1) is 15.7. The highest BCUT2D eigenvalue weighted by atomic mass is 19.1. The first-order valence-corrected chi connectivity index (χ1v) is 6.83. The first-order chi connectivity index (χ1) is 10.6. The van der Waals surface area contributed by atoms with E-state index in [1.807, 2.05) is 32.0 Å². The molecule has 0 heterocycles. The normalized spacial score (nSPS) is 10.7. The van der Waals surface area contributed by atoms with Crippen LogP contribution in [0.15, 0.2) is 47.6 Å². The summed E-state index contributed by atoms with van der Waals surface area (Å²) in [4.78, 5) is 11.6. The summed E-state index contributed by atoms with van der Waals surface area (Å²) in [5.41, 5.74) is 5.16. The fourth-order valence-corrected chi connectivity index (χ4v) is 1.78. The van der Waals surface area contributed by atoms with Crippen LogP contribution >= 0.6 is 0 Å². The number of hydrogen-bond acceptors (Lipinski definition) is 3. The van der Waals surface area contributed by atoms with Gasteiger partial charge in [0.25, 0.3) is 5.91 Å². The number of nitrogens with zero attached hydrogens (tertiary/aromatic N) is 1. The molecule has 2 aromatic carbocycles. The van der Waals surface area contributed by atoms with E-state index in [1.165, 1.54) is 18.3 Å². The molecule has 22 heavy (non-hydrogen) atoms. The van der Waals surface area contributed by atoms with Crippen LogP contribution in [0.2, 0.25) is 0 Å². The number of hydrazone groups is 1. The lowest BCUT2D eigenvalue weighted by Gasteiger charge is -2.09. The minimum Gasteiger partial charge on any atom is -0.483 e. The molecule has 2 aromatic rings. The lowest BCUT2D eigenvalue weighted by molar-refractivity contribution is -0.123. The maximum Gasteiger partial charge on any atom is 0.277 e. The van der Waals surface area contributed by atoms with E-state index in [9.17, 15) is 9.18 Å². The van der Waals surface area contributed by atoms with Crippen LogP contribution in [0.3, 0.4) is 0 Å². The molecular formula is C17H17FN2O2.